The smallest absolute Gasteiger partial charge is 0.272 e. The average Bonchev–Trinajstić information content (AvgIpc) is 2.76. The molecule has 0 aliphatic carbocycles. The van der Waals surface area contributed by atoms with E-state index in [2.05, 4.69) is 34.2 Å². The second kappa shape index (κ2) is 8.67. The molecule has 1 amide bonds. The van der Waals surface area contributed by atoms with Crippen LogP contribution in [0.1, 0.15) is 18.2 Å². The van der Waals surface area contributed by atoms with Crippen LogP contribution in [0.2, 0.25) is 0 Å². The Morgan fingerprint density at radius 2 is 1.97 bits per heavy atom. The van der Waals surface area contributed by atoms with E-state index in [0.717, 1.165) is 30.8 Å². The third-order valence-corrected chi connectivity index (χ3v) is 5.67. The second-order valence-electron chi connectivity index (χ2n) is 7.74. The number of methoxy groups -OCH3 is 1. The van der Waals surface area contributed by atoms with Crippen LogP contribution < -0.4 is 10.3 Å². The first-order valence-corrected chi connectivity index (χ1v) is 10.2. The van der Waals surface area contributed by atoms with Crippen LogP contribution in [0.5, 0.6) is 5.75 Å². The number of rotatable bonds is 5. The van der Waals surface area contributed by atoms with Gasteiger partial charge in [-0.05, 0) is 30.7 Å². The summed E-state index contributed by atoms with van der Waals surface area (Å²) in [7, 11) is 1.67. The Hall–Kier alpha value is -3.19. The summed E-state index contributed by atoms with van der Waals surface area (Å²) >= 11 is 0. The number of H-pyrrole nitrogens is 1. The predicted octanol–water partition coefficient (Wildman–Crippen LogP) is 2.21. The minimum Gasteiger partial charge on any atom is -0.497 e. The number of aromatic amines is 1. The molecular formula is C23H26N4O3. The average molecular weight is 406 g/mol. The molecule has 1 atom stereocenters. The lowest BCUT2D eigenvalue weighted by atomic mass is 10.1. The summed E-state index contributed by atoms with van der Waals surface area (Å²) in [6.45, 7) is 5.20. The van der Waals surface area contributed by atoms with Gasteiger partial charge in [-0.2, -0.15) is 5.10 Å². The Morgan fingerprint density at radius 1 is 1.17 bits per heavy atom. The number of carbonyl (C=O) groups is 1. The highest BCUT2D eigenvalue weighted by Gasteiger charge is 2.28. The molecule has 7 nitrogen and oxygen atoms in total. The highest BCUT2D eigenvalue weighted by Crippen LogP contribution is 2.19. The monoisotopic (exact) mass is 406 g/mol. The van der Waals surface area contributed by atoms with Crippen LogP contribution in [0.3, 0.4) is 0 Å². The number of amides is 1. The summed E-state index contributed by atoms with van der Waals surface area (Å²) in [5, 5.41) is 7.95. The number of ether oxygens (including phenoxy) is 1. The molecule has 30 heavy (non-hydrogen) atoms. The molecule has 4 rings (SSSR count). The van der Waals surface area contributed by atoms with Gasteiger partial charge in [-0.25, -0.2) is 5.10 Å². The first-order valence-electron chi connectivity index (χ1n) is 10.2. The van der Waals surface area contributed by atoms with Crippen LogP contribution in [0.25, 0.3) is 10.8 Å². The zero-order valence-electron chi connectivity index (χ0n) is 17.3. The minimum atomic E-state index is -0.235. The molecule has 0 unspecified atom stereocenters. The van der Waals surface area contributed by atoms with Gasteiger partial charge in [-0.15, -0.1) is 0 Å². The fraction of sp³-hybridized carbons (Fsp3) is 0.348. The largest absolute Gasteiger partial charge is 0.497 e. The Labute approximate surface area is 175 Å². The van der Waals surface area contributed by atoms with E-state index < -0.39 is 0 Å². The van der Waals surface area contributed by atoms with Crippen LogP contribution in [-0.2, 0) is 17.8 Å². The maximum Gasteiger partial charge on any atom is 0.272 e. The third-order valence-electron chi connectivity index (χ3n) is 5.67. The summed E-state index contributed by atoms with van der Waals surface area (Å²) in [5.74, 6) is 0.892. The number of nitrogens with one attached hydrogen (secondary N) is 1. The molecule has 1 saturated heterocycles. The van der Waals surface area contributed by atoms with E-state index in [0.29, 0.717) is 17.6 Å². The molecule has 1 fully saturated rings. The Kier molecular flexibility index (Phi) is 5.81. The van der Waals surface area contributed by atoms with Crippen molar-refractivity contribution in [3.63, 3.8) is 0 Å². The van der Waals surface area contributed by atoms with Gasteiger partial charge in [-0.3, -0.25) is 14.5 Å². The van der Waals surface area contributed by atoms with E-state index in [1.165, 1.54) is 5.56 Å². The second-order valence-corrected chi connectivity index (χ2v) is 7.74. The summed E-state index contributed by atoms with van der Waals surface area (Å²) in [5.41, 5.74) is 1.58. The van der Waals surface area contributed by atoms with Crippen molar-refractivity contribution in [2.24, 2.45) is 0 Å². The molecule has 0 spiro atoms. The van der Waals surface area contributed by atoms with Crippen LogP contribution in [0, 0.1) is 0 Å². The zero-order valence-corrected chi connectivity index (χ0v) is 17.3. The standard InChI is InChI=1S/C23H26N4O3/c1-16-14-26(15-17-6-5-7-18(12-17)30-2)10-11-27(16)22(28)13-21-19-8-3-4-9-20(19)23(29)25-24-21/h3-9,12,16H,10-11,13-15H2,1-2H3,(H,25,29)/t16-/m0/s1. The number of carbonyl (C=O) groups excluding carboxylic acids is 1. The molecule has 3 aromatic rings. The number of hydrogen-bond donors (Lipinski definition) is 1. The molecule has 1 N–H and O–H groups in total. The Morgan fingerprint density at radius 3 is 2.73 bits per heavy atom. The van der Waals surface area contributed by atoms with Crippen molar-refractivity contribution in [1.82, 2.24) is 20.0 Å². The van der Waals surface area contributed by atoms with Gasteiger partial charge in [0.25, 0.3) is 5.56 Å². The number of benzene rings is 2. The summed E-state index contributed by atoms with van der Waals surface area (Å²) in [6, 6.07) is 15.5. The lowest BCUT2D eigenvalue weighted by Gasteiger charge is -2.40. The minimum absolute atomic E-state index is 0.0354. The zero-order chi connectivity index (χ0) is 21.1. The topological polar surface area (TPSA) is 78.5 Å². The molecule has 2 aromatic carbocycles. The fourth-order valence-corrected chi connectivity index (χ4v) is 4.13. The number of hydrogen-bond acceptors (Lipinski definition) is 5. The van der Waals surface area contributed by atoms with E-state index in [4.69, 9.17) is 4.74 Å². The first kappa shape index (κ1) is 20.1. The van der Waals surface area contributed by atoms with Crippen molar-refractivity contribution in [2.75, 3.05) is 26.7 Å². The van der Waals surface area contributed by atoms with Crippen molar-refractivity contribution >= 4 is 16.7 Å². The van der Waals surface area contributed by atoms with Crippen LogP contribution in [-0.4, -0.2) is 58.7 Å². The molecule has 156 valence electrons. The van der Waals surface area contributed by atoms with E-state index >= 15 is 0 Å². The first-order chi connectivity index (χ1) is 14.5. The number of piperazine rings is 1. The van der Waals surface area contributed by atoms with Crippen molar-refractivity contribution < 1.29 is 9.53 Å². The maximum absolute atomic E-state index is 13.0. The predicted molar refractivity (Wildman–Crippen MR) is 116 cm³/mol. The molecule has 1 aliphatic rings. The van der Waals surface area contributed by atoms with Gasteiger partial charge in [-0.1, -0.05) is 30.3 Å². The van der Waals surface area contributed by atoms with Gasteiger partial charge in [0, 0.05) is 37.6 Å². The van der Waals surface area contributed by atoms with Crippen molar-refractivity contribution in [2.45, 2.75) is 25.9 Å². The van der Waals surface area contributed by atoms with Gasteiger partial charge in [0.1, 0.15) is 5.75 Å². The van der Waals surface area contributed by atoms with Crippen molar-refractivity contribution in [1.29, 1.82) is 0 Å². The number of nitrogens with zero attached hydrogens (tertiary/aromatic N) is 3. The fourth-order valence-electron chi connectivity index (χ4n) is 4.13. The summed E-state index contributed by atoms with van der Waals surface area (Å²) in [6.07, 6.45) is 0.178. The van der Waals surface area contributed by atoms with E-state index in [9.17, 15) is 9.59 Å². The maximum atomic E-state index is 13.0. The molecule has 7 heteroatoms. The van der Waals surface area contributed by atoms with Gasteiger partial charge in [0.2, 0.25) is 5.91 Å². The Balaban J connectivity index is 1.42. The van der Waals surface area contributed by atoms with Gasteiger partial charge >= 0.3 is 0 Å². The van der Waals surface area contributed by atoms with E-state index in [-0.39, 0.29) is 23.9 Å². The molecule has 1 aromatic heterocycles. The highest BCUT2D eigenvalue weighted by atomic mass is 16.5. The van der Waals surface area contributed by atoms with Gasteiger partial charge in [0.15, 0.2) is 0 Å². The van der Waals surface area contributed by atoms with Gasteiger partial charge < -0.3 is 9.64 Å². The lowest BCUT2D eigenvalue weighted by Crippen LogP contribution is -2.54. The van der Waals surface area contributed by atoms with Crippen molar-refractivity contribution in [3.8, 4) is 5.75 Å². The highest BCUT2D eigenvalue weighted by molar-refractivity contribution is 5.88. The molecule has 1 aliphatic heterocycles. The van der Waals surface area contributed by atoms with E-state index in [1.807, 2.05) is 35.2 Å². The molecule has 0 saturated carbocycles. The van der Waals surface area contributed by atoms with Crippen LogP contribution in [0.4, 0.5) is 0 Å². The van der Waals surface area contributed by atoms with Crippen LogP contribution >= 0.6 is 0 Å². The number of aromatic nitrogens is 2. The molecular weight excluding hydrogens is 380 g/mol. The van der Waals surface area contributed by atoms with Crippen LogP contribution in [0.15, 0.2) is 53.3 Å². The van der Waals surface area contributed by atoms with Gasteiger partial charge in [0.05, 0.1) is 24.6 Å². The molecule has 0 radical (unpaired) electrons. The SMILES string of the molecule is COc1cccc(CN2CCN(C(=O)Cc3n[nH]c(=O)c4ccccc34)[C@@H](C)C2)c1. The summed E-state index contributed by atoms with van der Waals surface area (Å²) < 4.78 is 5.31. The molecule has 0 bridgehead atoms. The Bertz CT molecular complexity index is 1110. The van der Waals surface area contributed by atoms with Crippen molar-refractivity contribution in [3.05, 3.63) is 70.1 Å². The molecule has 2 heterocycles. The third kappa shape index (κ3) is 4.21. The summed E-state index contributed by atoms with van der Waals surface area (Å²) in [4.78, 5) is 29.3. The number of fused-ring (bicyclic) bond motifs is 1. The quantitative estimate of drug-likeness (QED) is 0.703. The normalized spacial score (nSPS) is 17.3. The lowest BCUT2D eigenvalue weighted by molar-refractivity contribution is -0.135. The van der Waals surface area contributed by atoms with E-state index in [1.54, 1.807) is 13.2 Å².